The standard InChI is InChI=1S/C11H10N6O3/c1-12-8-6-7(2-3-9(8)17(19)20)10(18)15-11-13-4-5-14-16-11/h2-6,12H,1H3,(H,13,15,16,18). The summed E-state index contributed by atoms with van der Waals surface area (Å²) in [5, 5.41) is 23.1. The first-order valence-corrected chi connectivity index (χ1v) is 5.53. The Labute approximate surface area is 113 Å². The highest BCUT2D eigenvalue weighted by atomic mass is 16.6. The minimum absolute atomic E-state index is 0.0573. The van der Waals surface area contributed by atoms with Gasteiger partial charge in [0.25, 0.3) is 11.6 Å². The van der Waals surface area contributed by atoms with Crippen molar-refractivity contribution < 1.29 is 9.72 Å². The van der Waals surface area contributed by atoms with Crippen LogP contribution >= 0.6 is 0 Å². The fourth-order valence-electron chi connectivity index (χ4n) is 1.52. The maximum Gasteiger partial charge on any atom is 0.292 e. The summed E-state index contributed by atoms with van der Waals surface area (Å²) in [6.45, 7) is 0. The molecule has 0 saturated carbocycles. The number of nitro benzene ring substituents is 1. The maximum absolute atomic E-state index is 11.9. The van der Waals surface area contributed by atoms with Gasteiger partial charge >= 0.3 is 0 Å². The van der Waals surface area contributed by atoms with E-state index in [1.807, 2.05) is 0 Å². The molecule has 0 atom stereocenters. The van der Waals surface area contributed by atoms with Gasteiger partial charge in [-0.25, -0.2) is 4.98 Å². The van der Waals surface area contributed by atoms with Gasteiger partial charge in [-0.05, 0) is 12.1 Å². The van der Waals surface area contributed by atoms with Crippen molar-refractivity contribution in [3.8, 4) is 0 Å². The molecule has 0 aliphatic heterocycles. The Bertz CT molecular complexity index is 646. The van der Waals surface area contributed by atoms with E-state index in [9.17, 15) is 14.9 Å². The van der Waals surface area contributed by atoms with Crippen LogP contribution in [0.2, 0.25) is 0 Å². The molecule has 0 saturated heterocycles. The highest BCUT2D eigenvalue weighted by molar-refractivity contribution is 6.04. The normalized spacial score (nSPS) is 9.85. The second-order valence-electron chi connectivity index (χ2n) is 3.66. The van der Waals surface area contributed by atoms with E-state index in [0.717, 1.165) is 0 Å². The molecule has 0 radical (unpaired) electrons. The van der Waals surface area contributed by atoms with Crippen molar-refractivity contribution in [2.75, 3.05) is 17.7 Å². The second kappa shape index (κ2) is 5.69. The largest absolute Gasteiger partial charge is 0.383 e. The highest BCUT2D eigenvalue weighted by Gasteiger charge is 2.16. The lowest BCUT2D eigenvalue weighted by Gasteiger charge is -2.06. The molecule has 0 bridgehead atoms. The molecule has 2 aromatic rings. The van der Waals surface area contributed by atoms with E-state index in [-0.39, 0.29) is 22.9 Å². The minimum Gasteiger partial charge on any atom is -0.383 e. The van der Waals surface area contributed by atoms with E-state index in [2.05, 4.69) is 25.8 Å². The Morgan fingerprint density at radius 1 is 1.35 bits per heavy atom. The van der Waals surface area contributed by atoms with Gasteiger partial charge in [0, 0.05) is 18.7 Å². The smallest absolute Gasteiger partial charge is 0.292 e. The van der Waals surface area contributed by atoms with Crippen molar-refractivity contribution in [2.24, 2.45) is 0 Å². The van der Waals surface area contributed by atoms with E-state index in [4.69, 9.17) is 0 Å². The molecule has 0 fully saturated rings. The number of benzene rings is 1. The minimum atomic E-state index is -0.530. The molecule has 20 heavy (non-hydrogen) atoms. The van der Waals surface area contributed by atoms with Gasteiger partial charge in [0.15, 0.2) is 0 Å². The van der Waals surface area contributed by atoms with Crippen molar-refractivity contribution in [1.29, 1.82) is 0 Å². The number of anilines is 2. The average Bonchev–Trinajstić information content (AvgIpc) is 2.47. The topological polar surface area (TPSA) is 123 Å². The third kappa shape index (κ3) is 2.83. The van der Waals surface area contributed by atoms with Crippen molar-refractivity contribution in [1.82, 2.24) is 15.2 Å². The van der Waals surface area contributed by atoms with Crippen LogP contribution in [0, 0.1) is 10.1 Å². The summed E-state index contributed by atoms with van der Waals surface area (Å²) >= 11 is 0. The van der Waals surface area contributed by atoms with Crippen LogP contribution in [0.1, 0.15) is 10.4 Å². The molecule has 9 nitrogen and oxygen atoms in total. The quantitative estimate of drug-likeness (QED) is 0.631. The van der Waals surface area contributed by atoms with Crippen molar-refractivity contribution in [3.05, 3.63) is 46.3 Å². The van der Waals surface area contributed by atoms with Crippen molar-refractivity contribution in [2.45, 2.75) is 0 Å². The van der Waals surface area contributed by atoms with Gasteiger partial charge in [-0.3, -0.25) is 20.2 Å². The lowest BCUT2D eigenvalue weighted by atomic mass is 10.1. The first-order valence-electron chi connectivity index (χ1n) is 5.53. The van der Waals surface area contributed by atoms with E-state index in [1.165, 1.54) is 37.6 Å². The molecular formula is C11H10N6O3. The summed E-state index contributed by atoms with van der Waals surface area (Å²) in [7, 11) is 1.54. The Balaban J connectivity index is 2.25. The molecule has 102 valence electrons. The number of nitrogens with one attached hydrogen (secondary N) is 2. The van der Waals surface area contributed by atoms with E-state index < -0.39 is 10.8 Å². The van der Waals surface area contributed by atoms with Gasteiger partial charge in [0.05, 0.1) is 17.3 Å². The van der Waals surface area contributed by atoms with Gasteiger partial charge in [-0.1, -0.05) is 0 Å². The molecule has 0 unspecified atom stereocenters. The van der Waals surface area contributed by atoms with Gasteiger partial charge in [-0.2, -0.15) is 5.10 Å². The van der Waals surface area contributed by atoms with Gasteiger partial charge in [0.1, 0.15) is 5.69 Å². The lowest BCUT2D eigenvalue weighted by Crippen LogP contribution is -2.14. The molecule has 0 aliphatic rings. The zero-order valence-corrected chi connectivity index (χ0v) is 10.4. The van der Waals surface area contributed by atoms with Gasteiger partial charge < -0.3 is 5.32 Å². The van der Waals surface area contributed by atoms with Crippen molar-refractivity contribution in [3.63, 3.8) is 0 Å². The summed E-state index contributed by atoms with van der Waals surface area (Å²) < 4.78 is 0. The molecule has 1 aromatic carbocycles. The first kappa shape index (κ1) is 13.3. The molecule has 1 aromatic heterocycles. The fourth-order valence-corrected chi connectivity index (χ4v) is 1.52. The van der Waals surface area contributed by atoms with Crippen LogP contribution in [0.3, 0.4) is 0 Å². The molecule has 1 heterocycles. The monoisotopic (exact) mass is 274 g/mol. The summed E-state index contributed by atoms with van der Waals surface area (Å²) in [5.41, 5.74) is 0.379. The van der Waals surface area contributed by atoms with Crippen LogP contribution in [-0.4, -0.2) is 33.1 Å². The predicted molar refractivity (Wildman–Crippen MR) is 70.4 cm³/mol. The van der Waals surface area contributed by atoms with E-state index >= 15 is 0 Å². The number of carbonyl (C=O) groups is 1. The molecular weight excluding hydrogens is 264 g/mol. The maximum atomic E-state index is 11.9. The van der Waals surface area contributed by atoms with Crippen molar-refractivity contribution >= 4 is 23.2 Å². The predicted octanol–water partition coefficient (Wildman–Crippen LogP) is 1.07. The number of nitro groups is 1. The number of carbonyl (C=O) groups excluding carboxylic acids is 1. The highest BCUT2D eigenvalue weighted by Crippen LogP contribution is 2.25. The van der Waals surface area contributed by atoms with Gasteiger partial charge in [0.2, 0.25) is 5.95 Å². The number of amides is 1. The molecule has 0 aliphatic carbocycles. The molecule has 9 heteroatoms. The van der Waals surface area contributed by atoms with Crippen LogP contribution in [-0.2, 0) is 0 Å². The average molecular weight is 274 g/mol. The van der Waals surface area contributed by atoms with Crippen LogP contribution in [0.4, 0.5) is 17.3 Å². The van der Waals surface area contributed by atoms with Crippen LogP contribution in [0.5, 0.6) is 0 Å². The zero-order chi connectivity index (χ0) is 14.5. The Hall–Kier alpha value is -3.10. The Morgan fingerprint density at radius 2 is 2.15 bits per heavy atom. The summed E-state index contributed by atoms with van der Waals surface area (Å²) in [5.74, 6) is -0.425. The fraction of sp³-hybridized carbons (Fsp3) is 0.0909. The Kier molecular flexibility index (Phi) is 3.80. The Morgan fingerprint density at radius 3 is 2.75 bits per heavy atom. The zero-order valence-electron chi connectivity index (χ0n) is 10.4. The molecule has 0 spiro atoms. The number of aromatic nitrogens is 3. The molecule has 1 amide bonds. The number of rotatable bonds is 4. The second-order valence-corrected chi connectivity index (χ2v) is 3.66. The SMILES string of the molecule is CNc1cc(C(=O)Nc2nccnn2)ccc1[N+](=O)[O-]. The number of hydrogen-bond acceptors (Lipinski definition) is 7. The first-order chi connectivity index (χ1) is 9.61. The lowest BCUT2D eigenvalue weighted by molar-refractivity contribution is -0.383. The number of nitrogens with zero attached hydrogens (tertiary/aromatic N) is 4. The summed E-state index contributed by atoms with van der Waals surface area (Å²) in [4.78, 5) is 26.0. The molecule has 2 rings (SSSR count). The van der Waals surface area contributed by atoms with Crippen LogP contribution in [0.15, 0.2) is 30.6 Å². The van der Waals surface area contributed by atoms with Crippen LogP contribution < -0.4 is 10.6 Å². The van der Waals surface area contributed by atoms with E-state index in [0.29, 0.717) is 0 Å². The third-order valence-corrected chi connectivity index (χ3v) is 2.43. The third-order valence-electron chi connectivity index (χ3n) is 2.43. The summed E-state index contributed by atoms with van der Waals surface area (Å²) in [6, 6.07) is 3.99. The number of hydrogen-bond donors (Lipinski definition) is 2. The summed E-state index contributed by atoms with van der Waals surface area (Å²) in [6.07, 6.45) is 2.76. The molecule has 2 N–H and O–H groups in total. The van der Waals surface area contributed by atoms with Crippen LogP contribution in [0.25, 0.3) is 0 Å². The van der Waals surface area contributed by atoms with Gasteiger partial charge in [-0.15, -0.1) is 5.10 Å². The van der Waals surface area contributed by atoms with E-state index in [1.54, 1.807) is 0 Å².